The van der Waals surface area contributed by atoms with Gasteiger partial charge in [-0.15, -0.1) is 0 Å². The van der Waals surface area contributed by atoms with Crippen LogP contribution in [0.15, 0.2) is 42.5 Å². The van der Waals surface area contributed by atoms with Crippen molar-refractivity contribution in [3.63, 3.8) is 0 Å². The van der Waals surface area contributed by atoms with Gasteiger partial charge in [0.15, 0.2) is 5.78 Å². The minimum atomic E-state index is 0.0334. The van der Waals surface area contributed by atoms with Crippen LogP contribution in [0.3, 0.4) is 0 Å². The van der Waals surface area contributed by atoms with E-state index >= 15 is 0 Å². The molecule has 28 heavy (non-hydrogen) atoms. The Hall–Kier alpha value is -2.42. The molecule has 4 rings (SSSR count). The van der Waals surface area contributed by atoms with Crippen molar-refractivity contribution in [3.8, 4) is 11.1 Å². The highest BCUT2D eigenvalue weighted by Crippen LogP contribution is 2.39. The molecule has 3 heteroatoms. The molecule has 1 aliphatic carbocycles. The molecule has 0 atom stereocenters. The molecule has 146 valence electrons. The first-order chi connectivity index (χ1) is 13.7. The summed E-state index contributed by atoms with van der Waals surface area (Å²) in [5, 5.41) is 0. The van der Waals surface area contributed by atoms with Crippen molar-refractivity contribution in [2.75, 3.05) is 13.1 Å². The summed E-state index contributed by atoms with van der Waals surface area (Å²) in [6, 6.07) is 13.2. The molecule has 1 fully saturated rings. The number of hydrogen-bond donors (Lipinski definition) is 0. The largest absolute Gasteiger partial charge is 0.339 e. The van der Waals surface area contributed by atoms with Crippen molar-refractivity contribution in [3.05, 3.63) is 59.2 Å². The van der Waals surface area contributed by atoms with Gasteiger partial charge in [-0.25, -0.2) is 0 Å². The van der Waals surface area contributed by atoms with Crippen molar-refractivity contribution < 1.29 is 9.59 Å². The lowest BCUT2D eigenvalue weighted by Crippen LogP contribution is -2.38. The molecule has 0 radical (unpaired) electrons. The smallest absolute Gasteiger partial charge is 0.254 e. The van der Waals surface area contributed by atoms with Gasteiger partial charge in [0.1, 0.15) is 0 Å². The highest BCUT2D eigenvalue weighted by atomic mass is 16.2. The number of unbranched alkanes of at least 4 members (excludes halogenated alkanes) is 3. The molecule has 1 heterocycles. The summed E-state index contributed by atoms with van der Waals surface area (Å²) in [6.07, 6.45) is 8.75. The third-order valence-electron chi connectivity index (χ3n) is 6.35. The summed E-state index contributed by atoms with van der Waals surface area (Å²) in [6.45, 7) is 3.91. The number of carbonyl (C=O) groups excluding carboxylic acids is 2. The number of rotatable bonds is 6. The predicted molar refractivity (Wildman–Crippen MR) is 113 cm³/mol. The van der Waals surface area contributed by atoms with Crippen molar-refractivity contribution in [2.24, 2.45) is 5.92 Å². The number of hydrogen-bond acceptors (Lipinski definition) is 2. The van der Waals surface area contributed by atoms with E-state index < -0.39 is 0 Å². The molecule has 2 aromatic rings. The Labute approximate surface area is 167 Å². The number of likely N-dealkylation sites (tertiary alicyclic amines) is 1. The normalized spacial score (nSPS) is 16.2. The van der Waals surface area contributed by atoms with Crippen LogP contribution in [0.4, 0.5) is 0 Å². The van der Waals surface area contributed by atoms with Crippen LogP contribution in [0.5, 0.6) is 0 Å². The summed E-state index contributed by atoms with van der Waals surface area (Å²) in [7, 11) is 0. The van der Waals surface area contributed by atoms with Crippen LogP contribution in [0.25, 0.3) is 11.1 Å². The number of ketones is 1. The van der Waals surface area contributed by atoms with Crippen LogP contribution in [0.2, 0.25) is 0 Å². The van der Waals surface area contributed by atoms with E-state index in [1.807, 2.05) is 47.4 Å². The van der Waals surface area contributed by atoms with Gasteiger partial charge in [-0.05, 0) is 30.4 Å². The SMILES string of the molecule is CCCCCCC1CCN(C(=O)c2cccc3c2-c2ccccc2C3=O)CC1. The molecule has 0 saturated carbocycles. The van der Waals surface area contributed by atoms with Crippen LogP contribution in [-0.2, 0) is 0 Å². The quantitative estimate of drug-likeness (QED) is 0.517. The standard InChI is InChI=1S/C25H29NO2/c1-2-3-4-5-9-18-14-16-26(17-15-18)25(28)22-13-8-12-21-23(22)19-10-6-7-11-20(19)24(21)27/h6-8,10-13,18H,2-5,9,14-17H2,1H3. The number of piperidine rings is 1. The molecule has 2 aromatic carbocycles. The maximum absolute atomic E-state index is 13.3. The first kappa shape index (κ1) is 18.9. The number of carbonyl (C=O) groups is 2. The zero-order chi connectivity index (χ0) is 19.5. The molecule has 1 amide bonds. The van der Waals surface area contributed by atoms with E-state index in [0.29, 0.717) is 16.7 Å². The summed E-state index contributed by atoms with van der Waals surface area (Å²) in [5.74, 6) is 0.863. The summed E-state index contributed by atoms with van der Waals surface area (Å²) >= 11 is 0. The van der Waals surface area contributed by atoms with E-state index in [0.717, 1.165) is 43.0 Å². The third kappa shape index (κ3) is 3.50. The minimum Gasteiger partial charge on any atom is -0.339 e. The van der Waals surface area contributed by atoms with Crippen LogP contribution < -0.4 is 0 Å². The summed E-state index contributed by atoms with van der Waals surface area (Å²) in [5.41, 5.74) is 3.78. The molecule has 0 unspecified atom stereocenters. The van der Waals surface area contributed by atoms with Gasteiger partial charge in [-0.2, -0.15) is 0 Å². The lowest BCUT2D eigenvalue weighted by atomic mass is 9.90. The van der Waals surface area contributed by atoms with Gasteiger partial charge >= 0.3 is 0 Å². The van der Waals surface area contributed by atoms with E-state index in [2.05, 4.69) is 6.92 Å². The summed E-state index contributed by atoms with van der Waals surface area (Å²) < 4.78 is 0. The van der Waals surface area contributed by atoms with Crippen molar-refractivity contribution in [1.82, 2.24) is 4.90 Å². The van der Waals surface area contributed by atoms with E-state index in [-0.39, 0.29) is 11.7 Å². The molecule has 1 saturated heterocycles. The number of nitrogens with zero attached hydrogens (tertiary/aromatic N) is 1. The molecular formula is C25H29NO2. The number of fused-ring (bicyclic) bond motifs is 3. The second-order valence-corrected chi connectivity index (χ2v) is 8.19. The predicted octanol–water partition coefficient (Wildman–Crippen LogP) is 5.72. The Morgan fingerprint density at radius 3 is 2.39 bits per heavy atom. The van der Waals surface area contributed by atoms with E-state index in [9.17, 15) is 9.59 Å². The maximum Gasteiger partial charge on any atom is 0.254 e. The molecule has 1 aliphatic heterocycles. The Morgan fingerprint density at radius 2 is 1.64 bits per heavy atom. The van der Waals surface area contributed by atoms with Gasteiger partial charge in [0.2, 0.25) is 0 Å². The fourth-order valence-corrected chi connectivity index (χ4v) is 4.71. The van der Waals surface area contributed by atoms with Gasteiger partial charge < -0.3 is 4.90 Å². The van der Waals surface area contributed by atoms with E-state index in [4.69, 9.17) is 0 Å². The average molecular weight is 376 g/mol. The fraction of sp³-hybridized carbons (Fsp3) is 0.440. The maximum atomic E-state index is 13.3. The fourth-order valence-electron chi connectivity index (χ4n) is 4.71. The molecule has 0 bridgehead atoms. The molecule has 0 spiro atoms. The molecule has 3 nitrogen and oxygen atoms in total. The lowest BCUT2D eigenvalue weighted by Gasteiger charge is -2.32. The first-order valence-electron chi connectivity index (χ1n) is 10.8. The molecule has 2 aliphatic rings. The Bertz CT molecular complexity index is 878. The van der Waals surface area contributed by atoms with Crippen LogP contribution >= 0.6 is 0 Å². The van der Waals surface area contributed by atoms with Gasteiger partial charge in [0.05, 0.1) is 0 Å². The van der Waals surface area contributed by atoms with Crippen LogP contribution in [0.1, 0.15) is 78.1 Å². The minimum absolute atomic E-state index is 0.0334. The van der Waals surface area contributed by atoms with E-state index in [1.165, 1.54) is 32.1 Å². The van der Waals surface area contributed by atoms with Crippen molar-refractivity contribution in [2.45, 2.75) is 51.9 Å². The Balaban J connectivity index is 1.48. The topological polar surface area (TPSA) is 37.4 Å². The van der Waals surface area contributed by atoms with Gasteiger partial charge in [0.25, 0.3) is 5.91 Å². The van der Waals surface area contributed by atoms with Crippen LogP contribution in [0, 0.1) is 5.92 Å². The average Bonchev–Trinajstić information content (AvgIpc) is 3.04. The van der Waals surface area contributed by atoms with Crippen molar-refractivity contribution >= 4 is 11.7 Å². The first-order valence-corrected chi connectivity index (χ1v) is 10.8. The molecule has 0 N–H and O–H groups in total. The second-order valence-electron chi connectivity index (χ2n) is 8.19. The lowest BCUT2D eigenvalue weighted by molar-refractivity contribution is 0.0686. The monoisotopic (exact) mass is 375 g/mol. The highest BCUT2D eigenvalue weighted by molar-refractivity contribution is 6.24. The third-order valence-corrected chi connectivity index (χ3v) is 6.35. The highest BCUT2D eigenvalue weighted by Gasteiger charge is 2.32. The van der Waals surface area contributed by atoms with Crippen LogP contribution in [-0.4, -0.2) is 29.7 Å². The molecular weight excluding hydrogens is 346 g/mol. The molecule has 0 aromatic heterocycles. The van der Waals surface area contributed by atoms with Gasteiger partial charge in [-0.1, -0.05) is 75.4 Å². The Kier molecular flexibility index (Phi) is 5.61. The Morgan fingerprint density at radius 1 is 0.929 bits per heavy atom. The van der Waals surface area contributed by atoms with E-state index in [1.54, 1.807) is 0 Å². The number of benzene rings is 2. The van der Waals surface area contributed by atoms with Crippen molar-refractivity contribution in [1.29, 1.82) is 0 Å². The second kappa shape index (κ2) is 8.30. The summed E-state index contributed by atoms with van der Waals surface area (Å²) in [4.78, 5) is 28.0. The zero-order valence-corrected chi connectivity index (χ0v) is 16.7. The number of amides is 1. The van der Waals surface area contributed by atoms with Gasteiger partial charge in [0, 0.05) is 35.3 Å². The van der Waals surface area contributed by atoms with Gasteiger partial charge in [-0.3, -0.25) is 9.59 Å². The zero-order valence-electron chi connectivity index (χ0n) is 16.7.